The predicted octanol–water partition coefficient (Wildman–Crippen LogP) is 4.57. The van der Waals surface area contributed by atoms with Crippen molar-refractivity contribution in [1.82, 2.24) is 15.5 Å². The fourth-order valence-corrected chi connectivity index (χ4v) is 5.10. The first-order valence-corrected chi connectivity index (χ1v) is 11.7. The number of halogens is 2. The highest BCUT2D eigenvalue weighted by atomic mass is 35.5. The Hall–Kier alpha value is -1.79. The minimum Gasteiger partial charge on any atom is -0.354 e. The van der Waals surface area contributed by atoms with Gasteiger partial charge in [-0.15, -0.1) is 0 Å². The summed E-state index contributed by atoms with van der Waals surface area (Å²) in [6, 6.07) is 4.74. The molecule has 0 unspecified atom stereocenters. The van der Waals surface area contributed by atoms with Gasteiger partial charge in [0.25, 0.3) is 5.91 Å². The molecule has 170 valence electrons. The second-order valence-corrected chi connectivity index (χ2v) is 10.2. The van der Waals surface area contributed by atoms with Gasteiger partial charge in [-0.1, -0.05) is 56.5 Å². The lowest BCUT2D eigenvalue weighted by molar-refractivity contribution is -0.136. The first-order valence-electron chi connectivity index (χ1n) is 10.9. The fourth-order valence-electron chi connectivity index (χ4n) is 4.60. The van der Waals surface area contributed by atoms with Crippen LogP contribution >= 0.6 is 23.2 Å². The van der Waals surface area contributed by atoms with E-state index >= 15 is 0 Å². The number of nitrogens with one attached hydrogen (secondary N) is 2. The summed E-state index contributed by atoms with van der Waals surface area (Å²) in [6.45, 7) is 6.79. The molecule has 1 aliphatic carbocycles. The van der Waals surface area contributed by atoms with Gasteiger partial charge in [0.1, 0.15) is 12.1 Å². The van der Waals surface area contributed by atoms with E-state index in [1.54, 1.807) is 12.1 Å². The van der Waals surface area contributed by atoms with Crippen LogP contribution in [0.1, 0.15) is 58.4 Å². The molecule has 2 aliphatic rings. The zero-order valence-electron chi connectivity index (χ0n) is 18.4. The van der Waals surface area contributed by atoms with Gasteiger partial charge in [0, 0.05) is 16.6 Å². The first-order chi connectivity index (χ1) is 14.6. The first kappa shape index (κ1) is 23.9. The van der Waals surface area contributed by atoms with Crippen molar-refractivity contribution in [3.8, 4) is 0 Å². The number of amides is 4. The molecular formula is C23H31Cl2N3O3. The molecule has 1 heterocycles. The van der Waals surface area contributed by atoms with Crippen molar-refractivity contribution in [1.29, 1.82) is 0 Å². The van der Waals surface area contributed by atoms with Crippen LogP contribution in [0.15, 0.2) is 18.2 Å². The molecule has 3 rings (SSSR count). The van der Waals surface area contributed by atoms with E-state index in [4.69, 9.17) is 23.2 Å². The molecule has 8 heteroatoms. The zero-order chi connectivity index (χ0) is 22.8. The second kappa shape index (κ2) is 9.37. The number of benzene rings is 1. The number of hydrogen-bond acceptors (Lipinski definition) is 3. The van der Waals surface area contributed by atoms with E-state index in [9.17, 15) is 14.4 Å². The topological polar surface area (TPSA) is 78.5 Å². The summed E-state index contributed by atoms with van der Waals surface area (Å²) < 4.78 is 0. The van der Waals surface area contributed by atoms with Crippen LogP contribution in [0.5, 0.6) is 0 Å². The maximum atomic E-state index is 13.1. The third-order valence-corrected chi connectivity index (χ3v) is 7.72. The summed E-state index contributed by atoms with van der Waals surface area (Å²) >= 11 is 12.0. The van der Waals surface area contributed by atoms with Crippen molar-refractivity contribution in [3.63, 3.8) is 0 Å². The molecule has 1 aliphatic heterocycles. The monoisotopic (exact) mass is 467 g/mol. The van der Waals surface area contributed by atoms with Gasteiger partial charge in [-0.25, -0.2) is 4.79 Å². The average Bonchev–Trinajstić information content (AvgIpc) is 2.94. The van der Waals surface area contributed by atoms with Gasteiger partial charge in [0.2, 0.25) is 5.91 Å². The molecule has 0 radical (unpaired) electrons. The van der Waals surface area contributed by atoms with Gasteiger partial charge in [-0.05, 0) is 61.1 Å². The molecule has 1 aromatic carbocycles. The Kier molecular flexibility index (Phi) is 7.21. The number of carbonyl (C=O) groups is 3. The molecule has 1 saturated heterocycles. The largest absolute Gasteiger partial charge is 0.354 e. The lowest BCUT2D eigenvalue weighted by Crippen LogP contribution is -2.51. The summed E-state index contributed by atoms with van der Waals surface area (Å²) in [5.74, 6) is -0.113. The van der Waals surface area contributed by atoms with Crippen LogP contribution in [0.2, 0.25) is 10.0 Å². The van der Waals surface area contributed by atoms with Gasteiger partial charge in [0.15, 0.2) is 0 Å². The quantitative estimate of drug-likeness (QED) is 0.576. The van der Waals surface area contributed by atoms with E-state index in [2.05, 4.69) is 31.4 Å². The van der Waals surface area contributed by atoms with E-state index in [0.29, 0.717) is 41.8 Å². The second-order valence-electron chi connectivity index (χ2n) is 9.36. The van der Waals surface area contributed by atoms with Gasteiger partial charge in [-0.2, -0.15) is 0 Å². The number of urea groups is 1. The Labute approximate surface area is 194 Å². The number of hydrogen-bond donors (Lipinski definition) is 2. The highest BCUT2D eigenvalue weighted by molar-refractivity contribution is 6.35. The van der Waals surface area contributed by atoms with Gasteiger partial charge >= 0.3 is 6.03 Å². The zero-order valence-corrected chi connectivity index (χ0v) is 19.9. The van der Waals surface area contributed by atoms with Crippen molar-refractivity contribution in [3.05, 3.63) is 33.8 Å². The van der Waals surface area contributed by atoms with Crippen molar-refractivity contribution >= 4 is 41.0 Å². The van der Waals surface area contributed by atoms with Gasteiger partial charge in [0.05, 0.1) is 0 Å². The molecule has 0 atom stereocenters. The average molecular weight is 468 g/mol. The number of carbonyl (C=O) groups excluding carboxylic acids is 3. The third kappa shape index (κ3) is 5.17. The summed E-state index contributed by atoms with van der Waals surface area (Å²) in [6.07, 6.45) is 4.65. The van der Waals surface area contributed by atoms with Gasteiger partial charge in [-0.3, -0.25) is 14.5 Å². The Bertz CT molecular complexity index is 864. The summed E-state index contributed by atoms with van der Waals surface area (Å²) in [7, 11) is 0. The summed E-state index contributed by atoms with van der Waals surface area (Å²) in [4.78, 5) is 39.0. The van der Waals surface area contributed by atoms with Crippen molar-refractivity contribution in [2.24, 2.45) is 11.3 Å². The minimum absolute atomic E-state index is 0.222. The molecule has 0 bridgehead atoms. The molecular weight excluding hydrogens is 437 g/mol. The van der Waals surface area contributed by atoms with Crippen LogP contribution in [0, 0.1) is 11.3 Å². The van der Waals surface area contributed by atoms with E-state index in [-0.39, 0.29) is 23.8 Å². The predicted molar refractivity (Wildman–Crippen MR) is 122 cm³/mol. The third-order valence-electron chi connectivity index (χ3n) is 7.13. The van der Waals surface area contributed by atoms with Crippen LogP contribution in [0.3, 0.4) is 0 Å². The molecule has 31 heavy (non-hydrogen) atoms. The highest BCUT2D eigenvalue weighted by Gasteiger charge is 2.53. The van der Waals surface area contributed by atoms with Crippen LogP contribution < -0.4 is 10.6 Å². The van der Waals surface area contributed by atoms with Crippen molar-refractivity contribution in [2.45, 2.75) is 64.8 Å². The normalized spacial score (nSPS) is 23.9. The summed E-state index contributed by atoms with van der Waals surface area (Å²) in [5.41, 5.74) is 0.237. The molecule has 1 aromatic rings. The Balaban J connectivity index is 1.52. The Morgan fingerprint density at radius 2 is 1.94 bits per heavy atom. The molecule has 2 N–H and O–H groups in total. The van der Waals surface area contributed by atoms with Crippen LogP contribution in [0.25, 0.3) is 0 Å². The molecule has 1 spiro atoms. The molecule has 6 nitrogen and oxygen atoms in total. The number of nitrogens with zero attached hydrogens (tertiary/aromatic N) is 1. The Morgan fingerprint density at radius 1 is 1.26 bits per heavy atom. The molecule has 1 saturated carbocycles. The standard InChI is InChI=1S/C23H31Cl2N3O3/c1-4-22(2,3)16-7-10-23(11-8-16)20(30)28(21(31)27-23)14-19(29)26-12-9-15-5-6-17(24)13-18(15)25/h5-6,13,16H,4,7-12,14H2,1-3H3,(H,26,29)(H,27,31). The maximum absolute atomic E-state index is 13.1. The molecule has 0 aromatic heterocycles. The summed E-state index contributed by atoms with van der Waals surface area (Å²) in [5, 5.41) is 6.74. The number of rotatable bonds is 7. The lowest BCUT2D eigenvalue weighted by atomic mass is 9.65. The minimum atomic E-state index is -0.853. The number of imide groups is 1. The SMILES string of the molecule is CCC(C)(C)C1CCC2(CC1)NC(=O)N(CC(=O)NCCc1ccc(Cl)cc1Cl)C2=O. The molecule has 4 amide bonds. The smallest absolute Gasteiger partial charge is 0.325 e. The van der Waals surface area contributed by atoms with E-state index < -0.39 is 11.6 Å². The van der Waals surface area contributed by atoms with E-state index in [1.165, 1.54) is 0 Å². The maximum Gasteiger partial charge on any atom is 0.325 e. The van der Waals surface area contributed by atoms with Crippen molar-refractivity contribution in [2.75, 3.05) is 13.1 Å². The lowest BCUT2D eigenvalue weighted by Gasteiger charge is -2.42. The Morgan fingerprint density at radius 3 is 2.55 bits per heavy atom. The van der Waals surface area contributed by atoms with Crippen LogP contribution in [-0.4, -0.2) is 41.4 Å². The van der Waals surface area contributed by atoms with Crippen LogP contribution in [-0.2, 0) is 16.0 Å². The molecule has 2 fully saturated rings. The van der Waals surface area contributed by atoms with E-state index in [0.717, 1.165) is 29.7 Å². The fraction of sp³-hybridized carbons (Fsp3) is 0.609. The highest BCUT2D eigenvalue weighted by Crippen LogP contribution is 2.45. The van der Waals surface area contributed by atoms with Crippen molar-refractivity contribution < 1.29 is 14.4 Å². The van der Waals surface area contributed by atoms with Crippen LogP contribution in [0.4, 0.5) is 4.79 Å². The van der Waals surface area contributed by atoms with E-state index in [1.807, 2.05) is 6.07 Å². The van der Waals surface area contributed by atoms with Gasteiger partial charge < -0.3 is 10.6 Å².